The maximum absolute atomic E-state index is 4.44. The molecule has 0 bridgehead atoms. The van der Waals surface area contributed by atoms with Crippen molar-refractivity contribution in [3.63, 3.8) is 0 Å². The van der Waals surface area contributed by atoms with Crippen molar-refractivity contribution in [2.24, 2.45) is 4.99 Å². The van der Waals surface area contributed by atoms with E-state index in [9.17, 15) is 0 Å². The third-order valence-corrected chi connectivity index (χ3v) is 1.84. The Morgan fingerprint density at radius 2 is 1.62 bits per heavy atom. The standard InChI is InChI=1S/C12H19N/c1-6-9-12(8-3)11(5)13-10(4)7-2/h6-9H,1-5H3/b9-6-,10-7-,12-8+,13-11-. The van der Waals surface area contributed by atoms with Crippen LogP contribution in [-0.4, -0.2) is 5.71 Å². The molecular weight excluding hydrogens is 158 g/mol. The van der Waals surface area contributed by atoms with Crippen molar-refractivity contribution in [3.8, 4) is 0 Å². The lowest BCUT2D eigenvalue weighted by Crippen LogP contribution is -1.94. The highest BCUT2D eigenvalue weighted by atomic mass is 14.7. The van der Waals surface area contributed by atoms with Crippen LogP contribution >= 0.6 is 0 Å². The molecule has 0 unspecified atom stereocenters. The molecule has 0 fully saturated rings. The van der Waals surface area contributed by atoms with Crippen molar-refractivity contribution in [1.29, 1.82) is 0 Å². The molecule has 1 nitrogen and oxygen atoms in total. The molecule has 0 saturated carbocycles. The Labute approximate surface area is 81.6 Å². The first kappa shape index (κ1) is 11.9. The van der Waals surface area contributed by atoms with Crippen LogP contribution < -0.4 is 0 Å². The second-order valence-corrected chi connectivity index (χ2v) is 2.87. The third-order valence-electron chi connectivity index (χ3n) is 1.84. The van der Waals surface area contributed by atoms with E-state index < -0.39 is 0 Å². The van der Waals surface area contributed by atoms with Crippen LogP contribution in [0.4, 0.5) is 0 Å². The van der Waals surface area contributed by atoms with Crippen molar-refractivity contribution in [2.45, 2.75) is 34.6 Å². The highest BCUT2D eigenvalue weighted by Gasteiger charge is 1.94. The predicted octanol–water partition coefficient (Wildman–Crippen LogP) is 3.89. The molecule has 0 aromatic rings. The van der Waals surface area contributed by atoms with Gasteiger partial charge in [0.2, 0.25) is 0 Å². The summed E-state index contributed by atoms with van der Waals surface area (Å²) in [6.45, 7) is 10.1. The van der Waals surface area contributed by atoms with Crippen LogP contribution in [0.3, 0.4) is 0 Å². The molecule has 0 rings (SSSR count). The van der Waals surface area contributed by atoms with Gasteiger partial charge < -0.3 is 0 Å². The number of hydrogen-bond donors (Lipinski definition) is 0. The fourth-order valence-corrected chi connectivity index (χ4v) is 0.999. The molecule has 13 heavy (non-hydrogen) atoms. The van der Waals surface area contributed by atoms with Crippen molar-refractivity contribution in [2.75, 3.05) is 0 Å². The summed E-state index contributed by atoms with van der Waals surface area (Å²) in [5.41, 5.74) is 3.31. The van der Waals surface area contributed by atoms with Crippen LogP contribution in [0, 0.1) is 0 Å². The Hall–Kier alpha value is -1.11. The summed E-state index contributed by atoms with van der Waals surface area (Å²) in [6, 6.07) is 0. The zero-order valence-electron chi connectivity index (χ0n) is 9.26. The summed E-state index contributed by atoms with van der Waals surface area (Å²) in [7, 11) is 0. The lowest BCUT2D eigenvalue weighted by Gasteiger charge is -2.00. The van der Waals surface area contributed by atoms with Gasteiger partial charge in [0.1, 0.15) is 0 Å². The quantitative estimate of drug-likeness (QED) is 0.458. The number of aliphatic imine (C=N–C) groups is 1. The van der Waals surface area contributed by atoms with Gasteiger partial charge in [0.15, 0.2) is 0 Å². The van der Waals surface area contributed by atoms with E-state index in [1.54, 1.807) is 0 Å². The normalized spacial score (nSPS) is 15.6. The summed E-state index contributed by atoms with van der Waals surface area (Å²) >= 11 is 0. The van der Waals surface area contributed by atoms with Crippen LogP contribution in [0.15, 0.2) is 40.6 Å². The Bertz CT molecular complexity index is 265. The Kier molecular flexibility index (Phi) is 5.86. The molecular formula is C12H19N. The third kappa shape index (κ3) is 4.46. The number of allylic oxidation sites excluding steroid dienone is 6. The highest BCUT2D eigenvalue weighted by molar-refractivity contribution is 6.01. The molecule has 0 aliphatic heterocycles. The molecule has 0 amide bonds. The number of nitrogens with zero attached hydrogens (tertiary/aromatic N) is 1. The van der Waals surface area contributed by atoms with Gasteiger partial charge in [-0.25, -0.2) is 0 Å². The van der Waals surface area contributed by atoms with Gasteiger partial charge in [-0.05, 0) is 40.2 Å². The Balaban J connectivity index is 4.76. The maximum Gasteiger partial charge on any atom is 0.0444 e. The smallest absolute Gasteiger partial charge is 0.0444 e. The molecule has 72 valence electrons. The summed E-state index contributed by atoms with van der Waals surface area (Å²) in [6.07, 6.45) is 8.18. The molecule has 0 aliphatic rings. The largest absolute Gasteiger partial charge is 0.258 e. The van der Waals surface area contributed by atoms with Crippen LogP contribution in [-0.2, 0) is 0 Å². The SMILES string of the molecule is C\C=C/C(=C\C)C(/C)=N\C(C)=C/C. The topological polar surface area (TPSA) is 12.4 Å². The van der Waals surface area contributed by atoms with Gasteiger partial charge in [0.05, 0.1) is 0 Å². The molecule has 0 aromatic heterocycles. The maximum atomic E-state index is 4.44. The molecule has 0 atom stereocenters. The Morgan fingerprint density at radius 3 is 2.00 bits per heavy atom. The monoisotopic (exact) mass is 177 g/mol. The van der Waals surface area contributed by atoms with Gasteiger partial charge in [0, 0.05) is 11.4 Å². The summed E-state index contributed by atoms with van der Waals surface area (Å²) in [4.78, 5) is 4.44. The molecule has 0 aliphatic carbocycles. The van der Waals surface area contributed by atoms with E-state index in [4.69, 9.17) is 0 Å². The molecule has 0 heterocycles. The number of rotatable bonds is 3. The van der Waals surface area contributed by atoms with Crippen molar-refractivity contribution < 1.29 is 0 Å². The van der Waals surface area contributed by atoms with Crippen molar-refractivity contribution in [1.82, 2.24) is 0 Å². The van der Waals surface area contributed by atoms with E-state index in [0.717, 1.165) is 11.4 Å². The van der Waals surface area contributed by atoms with Crippen LogP contribution in [0.1, 0.15) is 34.6 Å². The zero-order valence-corrected chi connectivity index (χ0v) is 9.26. The minimum atomic E-state index is 1.06. The van der Waals surface area contributed by atoms with E-state index in [-0.39, 0.29) is 0 Å². The van der Waals surface area contributed by atoms with Crippen LogP contribution in [0.2, 0.25) is 0 Å². The zero-order chi connectivity index (χ0) is 10.3. The molecule has 0 spiro atoms. The first-order chi connectivity index (χ1) is 6.15. The minimum Gasteiger partial charge on any atom is -0.258 e. The van der Waals surface area contributed by atoms with Gasteiger partial charge in [0.25, 0.3) is 0 Å². The van der Waals surface area contributed by atoms with Gasteiger partial charge in [-0.2, -0.15) is 0 Å². The summed E-state index contributed by atoms with van der Waals surface area (Å²) < 4.78 is 0. The molecule has 0 radical (unpaired) electrons. The first-order valence-corrected chi connectivity index (χ1v) is 4.63. The van der Waals surface area contributed by atoms with Gasteiger partial charge in [-0.3, -0.25) is 4.99 Å². The van der Waals surface area contributed by atoms with Gasteiger partial charge in [-0.1, -0.05) is 24.3 Å². The van der Waals surface area contributed by atoms with Crippen molar-refractivity contribution in [3.05, 3.63) is 35.6 Å². The fraction of sp³-hybridized carbons (Fsp3) is 0.417. The predicted molar refractivity (Wildman–Crippen MR) is 61.1 cm³/mol. The van der Waals surface area contributed by atoms with Crippen LogP contribution in [0.5, 0.6) is 0 Å². The summed E-state index contributed by atoms with van der Waals surface area (Å²) in [5, 5.41) is 0. The second kappa shape index (κ2) is 6.41. The minimum absolute atomic E-state index is 1.06. The molecule has 0 N–H and O–H groups in total. The highest BCUT2D eigenvalue weighted by Crippen LogP contribution is 2.04. The lowest BCUT2D eigenvalue weighted by molar-refractivity contribution is 1.27. The average Bonchev–Trinajstić information content (AvgIpc) is 2.13. The number of hydrogen-bond acceptors (Lipinski definition) is 1. The molecule has 0 saturated heterocycles. The van der Waals surface area contributed by atoms with Gasteiger partial charge >= 0.3 is 0 Å². The summed E-state index contributed by atoms with van der Waals surface area (Å²) in [5.74, 6) is 0. The van der Waals surface area contributed by atoms with Crippen molar-refractivity contribution >= 4 is 5.71 Å². The van der Waals surface area contributed by atoms with Crippen LogP contribution in [0.25, 0.3) is 0 Å². The van der Waals surface area contributed by atoms with E-state index in [2.05, 4.69) is 17.1 Å². The van der Waals surface area contributed by atoms with Gasteiger partial charge in [-0.15, -0.1) is 0 Å². The first-order valence-electron chi connectivity index (χ1n) is 4.63. The van der Waals surface area contributed by atoms with E-state index in [1.807, 2.05) is 46.8 Å². The Morgan fingerprint density at radius 1 is 1.00 bits per heavy atom. The van der Waals surface area contributed by atoms with E-state index >= 15 is 0 Å². The average molecular weight is 177 g/mol. The molecule has 1 heteroatoms. The van der Waals surface area contributed by atoms with E-state index in [0.29, 0.717) is 0 Å². The lowest BCUT2D eigenvalue weighted by atomic mass is 10.1. The second-order valence-electron chi connectivity index (χ2n) is 2.87. The molecule has 0 aromatic carbocycles. The fourth-order valence-electron chi connectivity index (χ4n) is 0.999. The van der Waals surface area contributed by atoms with E-state index in [1.165, 1.54) is 5.57 Å².